The molecule has 184 valence electrons. The summed E-state index contributed by atoms with van der Waals surface area (Å²) in [6.07, 6.45) is 4.71. The van der Waals surface area contributed by atoms with Gasteiger partial charge in [0.05, 0.1) is 10.6 Å². The first-order valence-corrected chi connectivity index (χ1v) is 14.2. The lowest BCUT2D eigenvalue weighted by atomic mass is 9.90. The first-order chi connectivity index (χ1) is 17.4. The van der Waals surface area contributed by atoms with Crippen LogP contribution in [0.5, 0.6) is 0 Å². The summed E-state index contributed by atoms with van der Waals surface area (Å²) >= 11 is 1.37. The van der Waals surface area contributed by atoms with Gasteiger partial charge >= 0.3 is 0 Å². The molecule has 36 heavy (non-hydrogen) atoms. The molecular formula is C28H27N3O3S2. The molecule has 0 radical (unpaired) electrons. The highest BCUT2D eigenvalue weighted by Gasteiger charge is 2.21. The Bertz CT molecular complexity index is 1480. The van der Waals surface area contributed by atoms with E-state index >= 15 is 0 Å². The van der Waals surface area contributed by atoms with Crippen molar-refractivity contribution in [2.45, 2.75) is 37.1 Å². The SMILES string of the molecule is CN(Cc1ccccc1)S(=O)(=O)c1ccc(C(=O)Nc2nc(-c3ccc4c(c3)CCCC4)cs2)cc1. The zero-order valence-electron chi connectivity index (χ0n) is 20.0. The van der Waals surface area contributed by atoms with Gasteiger partial charge in [-0.3, -0.25) is 10.1 Å². The molecule has 0 aliphatic heterocycles. The van der Waals surface area contributed by atoms with Gasteiger partial charge < -0.3 is 0 Å². The number of thiazole rings is 1. The van der Waals surface area contributed by atoms with Crippen LogP contribution < -0.4 is 5.32 Å². The normalized spacial score (nSPS) is 13.4. The fourth-order valence-corrected chi connectivity index (χ4v) is 6.28. The molecule has 6 nitrogen and oxygen atoms in total. The van der Waals surface area contributed by atoms with Gasteiger partial charge in [-0.15, -0.1) is 11.3 Å². The summed E-state index contributed by atoms with van der Waals surface area (Å²) in [5, 5.41) is 5.28. The summed E-state index contributed by atoms with van der Waals surface area (Å²) in [6.45, 7) is 0.266. The molecule has 0 unspecified atom stereocenters. The number of nitrogens with zero attached hydrogens (tertiary/aromatic N) is 2. The number of aryl methyl sites for hydroxylation is 2. The summed E-state index contributed by atoms with van der Waals surface area (Å²) in [6, 6.07) is 21.9. The number of anilines is 1. The second-order valence-corrected chi connectivity index (χ2v) is 11.9. The molecule has 0 saturated carbocycles. The number of fused-ring (bicyclic) bond motifs is 1. The molecule has 0 spiro atoms. The predicted octanol–water partition coefficient (Wildman–Crippen LogP) is 5.76. The van der Waals surface area contributed by atoms with Gasteiger partial charge in [-0.05, 0) is 72.7 Å². The first-order valence-electron chi connectivity index (χ1n) is 11.9. The van der Waals surface area contributed by atoms with E-state index < -0.39 is 10.0 Å². The molecule has 1 aliphatic carbocycles. The van der Waals surface area contributed by atoms with E-state index in [0.29, 0.717) is 10.7 Å². The van der Waals surface area contributed by atoms with Gasteiger partial charge in [0.15, 0.2) is 5.13 Å². The van der Waals surface area contributed by atoms with Crippen LogP contribution in [0.4, 0.5) is 5.13 Å². The monoisotopic (exact) mass is 517 g/mol. The Morgan fingerprint density at radius 2 is 1.69 bits per heavy atom. The minimum absolute atomic E-state index is 0.140. The predicted molar refractivity (Wildman–Crippen MR) is 144 cm³/mol. The average molecular weight is 518 g/mol. The highest BCUT2D eigenvalue weighted by Crippen LogP contribution is 2.30. The van der Waals surface area contributed by atoms with Gasteiger partial charge in [0, 0.05) is 30.1 Å². The number of sulfonamides is 1. The fourth-order valence-electron chi connectivity index (χ4n) is 4.41. The Hall–Kier alpha value is -3.33. The number of amides is 1. The maximum absolute atomic E-state index is 13.0. The number of aromatic nitrogens is 1. The molecule has 1 amide bonds. The fraction of sp³-hybridized carbons (Fsp3) is 0.214. The summed E-state index contributed by atoms with van der Waals surface area (Å²) in [7, 11) is -2.13. The maximum atomic E-state index is 13.0. The summed E-state index contributed by atoms with van der Waals surface area (Å²) in [4.78, 5) is 17.5. The van der Waals surface area contributed by atoms with Crippen LogP contribution in [0, 0.1) is 0 Å². The molecule has 0 bridgehead atoms. The molecule has 3 aromatic carbocycles. The quantitative estimate of drug-likeness (QED) is 0.338. The van der Waals surface area contributed by atoms with Crippen molar-refractivity contribution in [2.24, 2.45) is 0 Å². The Morgan fingerprint density at radius 3 is 2.44 bits per heavy atom. The Labute approximate surface area is 215 Å². The smallest absolute Gasteiger partial charge is 0.257 e. The zero-order chi connectivity index (χ0) is 25.1. The molecule has 8 heteroatoms. The number of nitrogens with one attached hydrogen (secondary N) is 1. The molecule has 0 saturated heterocycles. The van der Waals surface area contributed by atoms with Crippen LogP contribution in [0.2, 0.25) is 0 Å². The third kappa shape index (κ3) is 5.26. The molecule has 0 fully saturated rings. The van der Waals surface area contributed by atoms with Crippen LogP contribution in [0.3, 0.4) is 0 Å². The Balaban J connectivity index is 1.25. The van der Waals surface area contributed by atoms with Crippen LogP contribution in [0.25, 0.3) is 11.3 Å². The van der Waals surface area contributed by atoms with Crippen molar-refractivity contribution in [2.75, 3.05) is 12.4 Å². The first kappa shape index (κ1) is 24.4. The summed E-state index contributed by atoms with van der Waals surface area (Å²) in [5.41, 5.74) is 5.98. The summed E-state index contributed by atoms with van der Waals surface area (Å²) in [5.74, 6) is -0.331. The number of rotatable bonds is 7. The number of carbonyl (C=O) groups excluding carboxylic acids is 1. The van der Waals surface area contributed by atoms with E-state index in [-0.39, 0.29) is 17.3 Å². The highest BCUT2D eigenvalue weighted by molar-refractivity contribution is 7.89. The third-order valence-corrected chi connectivity index (χ3v) is 9.02. The number of carbonyl (C=O) groups is 1. The van der Waals surface area contributed by atoms with E-state index in [9.17, 15) is 13.2 Å². The Kier molecular flexibility index (Phi) is 7.00. The minimum atomic E-state index is -3.68. The van der Waals surface area contributed by atoms with Crippen molar-refractivity contribution in [3.8, 4) is 11.3 Å². The van der Waals surface area contributed by atoms with Gasteiger partial charge in [-0.2, -0.15) is 4.31 Å². The zero-order valence-corrected chi connectivity index (χ0v) is 21.6. The van der Waals surface area contributed by atoms with Crippen molar-refractivity contribution >= 4 is 32.4 Å². The van der Waals surface area contributed by atoms with Crippen LogP contribution in [0.15, 0.2) is 83.1 Å². The molecular weight excluding hydrogens is 490 g/mol. The molecule has 4 aromatic rings. The van der Waals surface area contributed by atoms with Gasteiger partial charge in [-0.1, -0.05) is 42.5 Å². The van der Waals surface area contributed by atoms with E-state index in [1.807, 2.05) is 35.7 Å². The lowest BCUT2D eigenvalue weighted by Crippen LogP contribution is -2.26. The minimum Gasteiger partial charge on any atom is -0.298 e. The third-order valence-electron chi connectivity index (χ3n) is 6.44. The van der Waals surface area contributed by atoms with Gasteiger partial charge in [0.1, 0.15) is 0 Å². The maximum Gasteiger partial charge on any atom is 0.257 e. The van der Waals surface area contributed by atoms with Crippen LogP contribution in [-0.2, 0) is 29.4 Å². The second kappa shape index (κ2) is 10.3. The van der Waals surface area contributed by atoms with Crippen molar-refractivity contribution in [3.63, 3.8) is 0 Å². The summed E-state index contributed by atoms with van der Waals surface area (Å²) < 4.78 is 27.2. The van der Waals surface area contributed by atoms with Crippen LogP contribution >= 0.6 is 11.3 Å². The molecule has 0 atom stereocenters. The van der Waals surface area contributed by atoms with Crippen molar-refractivity contribution in [1.29, 1.82) is 0 Å². The lowest BCUT2D eigenvalue weighted by molar-refractivity contribution is 0.102. The van der Waals surface area contributed by atoms with Crippen molar-refractivity contribution in [3.05, 3.63) is 100 Å². The van der Waals surface area contributed by atoms with Crippen molar-refractivity contribution in [1.82, 2.24) is 9.29 Å². The molecule has 1 heterocycles. The van der Waals surface area contributed by atoms with E-state index in [1.54, 1.807) is 7.05 Å². The number of benzene rings is 3. The second-order valence-electron chi connectivity index (χ2n) is 8.95. The number of hydrogen-bond acceptors (Lipinski definition) is 5. The van der Waals surface area contributed by atoms with Crippen molar-refractivity contribution < 1.29 is 13.2 Å². The molecule has 5 rings (SSSR count). The van der Waals surface area contributed by atoms with E-state index in [4.69, 9.17) is 0 Å². The highest BCUT2D eigenvalue weighted by atomic mass is 32.2. The molecule has 1 aliphatic rings. The van der Waals surface area contributed by atoms with E-state index in [2.05, 4.69) is 28.5 Å². The molecule has 1 N–H and O–H groups in total. The average Bonchev–Trinajstić information content (AvgIpc) is 3.37. The molecule has 1 aromatic heterocycles. The van der Waals surface area contributed by atoms with E-state index in [1.165, 1.54) is 63.9 Å². The number of hydrogen-bond donors (Lipinski definition) is 1. The topological polar surface area (TPSA) is 79.4 Å². The standard InChI is InChI=1S/C28H27N3O3S2/c1-31(18-20-7-3-2-4-8-20)36(33,34)25-15-13-22(14-16-25)27(32)30-28-29-26(19-35-28)24-12-11-21-9-5-6-10-23(21)17-24/h2-4,7-8,11-17,19H,5-6,9-10,18H2,1H3,(H,29,30,32). The van der Waals surface area contributed by atoms with Crippen LogP contribution in [-0.4, -0.2) is 30.7 Å². The van der Waals surface area contributed by atoms with E-state index in [0.717, 1.165) is 29.7 Å². The van der Waals surface area contributed by atoms with Crippen LogP contribution in [0.1, 0.15) is 39.9 Å². The largest absolute Gasteiger partial charge is 0.298 e. The Morgan fingerprint density at radius 1 is 0.972 bits per heavy atom. The lowest BCUT2D eigenvalue weighted by Gasteiger charge is -2.17. The van der Waals surface area contributed by atoms with Gasteiger partial charge in [0.25, 0.3) is 5.91 Å². The van der Waals surface area contributed by atoms with Gasteiger partial charge in [0.2, 0.25) is 10.0 Å². The van der Waals surface area contributed by atoms with Gasteiger partial charge in [-0.25, -0.2) is 13.4 Å².